The maximum Gasteiger partial charge on any atom is 0.170 e. The largest absolute Gasteiger partial charge is 0.396 e. The van der Waals surface area contributed by atoms with Crippen LogP contribution in [0.1, 0.15) is 40.2 Å². The van der Waals surface area contributed by atoms with Crippen molar-refractivity contribution in [2.45, 2.75) is 25.2 Å². The fourth-order valence-electron chi connectivity index (χ4n) is 2.91. The van der Waals surface area contributed by atoms with E-state index in [-0.39, 0.29) is 17.4 Å². The van der Waals surface area contributed by atoms with Gasteiger partial charge in [-0.3, -0.25) is 4.79 Å². The zero-order chi connectivity index (χ0) is 14.1. The molecule has 1 atom stereocenters. The smallest absolute Gasteiger partial charge is 0.170 e. The molecule has 0 aromatic heterocycles. The molecule has 0 saturated heterocycles. The number of halogens is 1. The number of fused-ring (bicyclic) bond motifs is 1. The number of aryl methyl sites for hydroxylation is 1. The van der Waals surface area contributed by atoms with E-state index in [0.29, 0.717) is 5.56 Å². The summed E-state index contributed by atoms with van der Waals surface area (Å²) in [5.74, 6) is -0.709. The quantitative estimate of drug-likeness (QED) is 0.667. The average molecular weight is 269 g/mol. The van der Waals surface area contributed by atoms with E-state index < -0.39 is 5.82 Å². The number of Topliss-reactive ketones (excluding diaryl/α,β-unsaturated/α-hetero) is 1. The Bertz CT molecular complexity index is 666. The van der Waals surface area contributed by atoms with Gasteiger partial charge in [-0.25, -0.2) is 4.39 Å². The van der Waals surface area contributed by atoms with E-state index in [2.05, 4.69) is 6.07 Å². The highest BCUT2D eigenvalue weighted by atomic mass is 19.1. The third-order valence-electron chi connectivity index (χ3n) is 3.97. The molecule has 0 spiro atoms. The lowest BCUT2D eigenvalue weighted by Gasteiger charge is -2.24. The summed E-state index contributed by atoms with van der Waals surface area (Å²) >= 11 is 0. The molecule has 0 heterocycles. The molecule has 0 aliphatic heterocycles. The van der Waals surface area contributed by atoms with Crippen LogP contribution in [0.2, 0.25) is 0 Å². The molecule has 1 aliphatic rings. The highest BCUT2D eigenvalue weighted by Crippen LogP contribution is 2.34. The molecule has 0 amide bonds. The number of ketones is 1. The van der Waals surface area contributed by atoms with E-state index in [1.165, 1.54) is 17.7 Å². The predicted octanol–water partition coefficient (Wildman–Crippen LogP) is 3.71. The van der Waals surface area contributed by atoms with Gasteiger partial charge >= 0.3 is 0 Å². The van der Waals surface area contributed by atoms with Crippen LogP contribution in [0.4, 0.5) is 10.1 Å². The van der Waals surface area contributed by atoms with Crippen LogP contribution in [-0.2, 0) is 6.42 Å². The number of nitrogen functional groups attached to an aromatic ring is 1. The number of hydrogen-bond donors (Lipinski definition) is 1. The van der Waals surface area contributed by atoms with Crippen LogP contribution in [0.3, 0.4) is 0 Å². The Labute approximate surface area is 117 Å². The van der Waals surface area contributed by atoms with E-state index in [1.54, 1.807) is 6.07 Å². The Balaban J connectivity index is 1.97. The number of carbonyl (C=O) groups is 1. The summed E-state index contributed by atoms with van der Waals surface area (Å²) < 4.78 is 13.5. The van der Waals surface area contributed by atoms with Crippen molar-refractivity contribution < 1.29 is 9.18 Å². The summed E-state index contributed by atoms with van der Waals surface area (Å²) in [6.07, 6.45) is 2.82. The molecule has 1 unspecified atom stereocenters. The second kappa shape index (κ2) is 5.08. The Morgan fingerprint density at radius 2 is 2.00 bits per heavy atom. The first-order chi connectivity index (χ1) is 9.66. The predicted molar refractivity (Wildman–Crippen MR) is 77.3 cm³/mol. The van der Waals surface area contributed by atoms with Crippen LogP contribution >= 0.6 is 0 Å². The molecule has 0 bridgehead atoms. The number of hydrogen-bond acceptors (Lipinski definition) is 2. The molecule has 2 aromatic rings. The first-order valence-electron chi connectivity index (χ1n) is 6.84. The number of rotatable bonds is 2. The lowest BCUT2D eigenvalue weighted by molar-refractivity contribution is 0.0950. The first-order valence-corrected chi connectivity index (χ1v) is 6.84. The van der Waals surface area contributed by atoms with E-state index in [9.17, 15) is 9.18 Å². The van der Waals surface area contributed by atoms with Crippen LogP contribution in [0.5, 0.6) is 0 Å². The van der Waals surface area contributed by atoms with Gasteiger partial charge in [-0.2, -0.15) is 0 Å². The second-order valence-electron chi connectivity index (χ2n) is 5.24. The van der Waals surface area contributed by atoms with Gasteiger partial charge in [-0.1, -0.05) is 24.3 Å². The van der Waals surface area contributed by atoms with Gasteiger partial charge in [0.15, 0.2) is 5.78 Å². The van der Waals surface area contributed by atoms with Crippen LogP contribution in [0.25, 0.3) is 0 Å². The minimum atomic E-state index is -0.528. The van der Waals surface area contributed by atoms with E-state index in [4.69, 9.17) is 5.73 Å². The molecule has 2 nitrogen and oxygen atoms in total. The SMILES string of the molecule is Nc1ccc(C(=O)C2CCCc3ccccc32)cc1F. The number of benzene rings is 2. The molecule has 0 saturated carbocycles. The molecule has 2 N–H and O–H groups in total. The van der Waals surface area contributed by atoms with Crippen molar-refractivity contribution in [1.82, 2.24) is 0 Å². The second-order valence-corrected chi connectivity index (χ2v) is 5.24. The fraction of sp³-hybridized carbons (Fsp3) is 0.235. The molecule has 3 rings (SSSR count). The van der Waals surface area contributed by atoms with E-state index >= 15 is 0 Å². The zero-order valence-corrected chi connectivity index (χ0v) is 11.1. The van der Waals surface area contributed by atoms with Gasteiger partial charge in [0.2, 0.25) is 0 Å². The molecule has 102 valence electrons. The van der Waals surface area contributed by atoms with Gasteiger partial charge in [0.25, 0.3) is 0 Å². The van der Waals surface area contributed by atoms with Crippen molar-refractivity contribution in [3.05, 3.63) is 65.0 Å². The minimum Gasteiger partial charge on any atom is -0.396 e. The minimum absolute atomic E-state index is 0.0175. The third-order valence-corrected chi connectivity index (χ3v) is 3.97. The molecular formula is C17H16FNO. The maximum absolute atomic E-state index is 13.5. The summed E-state index contributed by atoms with van der Waals surface area (Å²) in [6.45, 7) is 0. The van der Waals surface area contributed by atoms with Crippen molar-refractivity contribution in [3.63, 3.8) is 0 Å². The van der Waals surface area contributed by atoms with Crippen LogP contribution in [0.15, 0.2) is 42.5 Å². The summed E-state index contributed by atoms with van der Waals surface area (Å²) in [5, 5.41) is 0. The number of carbonyl (C=O) groups excluding carboxylic acids is 1. The topological polar surface area (TPSA) is 43.1 Å². The third kappa shape index (κ3) is 2.20. The average Bonchev–Trinajstić information content (AvgIpc) is 2.49. The van der Waals surface area contributed by atoms with Crippen molar-refractivity contribution in [2.75, 3.05) is 5.73 Å². The van der Waals surface area contributed by atoms with Gasteiger partial charge in [-0.15, -0.1) is 0 Å². The summed E-state index contributed by atoms with van der Waals surface area (Å²) in [7, 11) is 0. The molecular weight excluding hydrogens is 253 g/mol. The van der Waals surface area contributed by atoms with Crippen molar-refractivity contribution >= 4 is 11.5 Å². The number of nitrogens with two attached hydrogens (primary N) is 1. The molecule has 0 fully saturated rings. The lowest BCUT2D eigenvalue weighted by atomic mass is 9.79. The van der Waals surface area contributed by atoms with Gasteiger partial charge in [0.05, 0.1) is 5.69 Å². The first kappa shape index (κ1) is 12.9. The fourth-order valence-corrected chi connectivity index (χ4v) is 2.91. The summed E-state index contributed by atoms with van der Waals surface area (Å²) in [6, 6.07) is 12.3. The molecule has 1 aliphatic carbocycles. The van der Waals surface area contributed by atoms with Crippen molar-refractivity contribution in [1.29, 1.82) is 0 Å². The van der Waals surface area contributed by atoms with Gasteiger partial charge in [0, 0.05) is 11.5 Å². The Morgan fingerprint density at radius 3 is 2.80 bits per heavy atom. The molecule has 20 heavy (non-hydrogen) atoms. The Hall–Kier alpha value is -2.16. The van der Waals surface area contributed by atoms with Crippen molar-refractivity contribution in [2.24, 2.45) is 0 Å². The molecule has 0 radical (unpaired) electrons. The lowest BCUT2D eigenvalue weighted by Crippen LogP contribution is -2.19. The monoisotopic (exact) mass is 269 g/mol. The highest BCUT2D eigenvalue weighted by Gasteiger charge is 2.27. The Morgan fingerprint density at radius 1 is 1.20 bits per heavy atom. The van der Waals surface area contributed by atoms with Crippen LogP contribution in [0, 0.1) is 5.82 Å². The summed E-state index contributed by atoms with van der Waals surface area (Å²) in [5.41, 5.74) is 8.25. The van der Waals surface area contributed by atoms with E-state index in [0.717, 1.165) is 24.8 Å². The molecule has 3 heteroatoms. The highest BCUT2D eigenvalue weighted by molar-refractivity contribution is 6.01. The van der Waals surface area contributed by atoms with Gasteiger partial charge < -0.3 is 5.73 Å². The van der Waals surface area contributed by atoms with Gasteiger partial charge in [0.1, 0.15) is 5.82 Å². The Kier molecular flexibility index (Phi) is 3.26. The zero-order valence-electron chi connectivity index (χ0n) is 11.1. The van der Waals surface area contributed by atoms with Crippen molar-refractivity contribution in [3.8, 4) is 0 Å². The van der Waals surface area contributed by atoms with E-state index in [1.807, 2.05) is 18.2 Å². The normalized spacial score (nSPS) is 17.6. The number of anilines is 1. The summed E-state index contributed by atoms with van der Waals surface area (Å²) in [4.78, 5) is 12.6. The van der Waals surface area contributed by atoms with Crippen LogP contribution < -0.4 is 5.73 Å². The van der Waals surface area contributed by atoms with Crippen LogP contribution in [-0.4, -0.2) is 5.78 Å². The maximum atomic E-state index is 13.5. The standard InChI is InChI=1S/C17H16FNO/c18-15-10-12(8-9-16(15)19)17(20)14-7-3-5-11-4-1-2-6-13(11)14/h1-2,4,6,8-10,14H,3,5,7,19H2. The van der Waals surface area contributed by atoms with Gasteiger partial charge in [-0.05, 0) is 48.6 Å². The molecule has 2 aromatic carbocycles.